The molecule has 1 fully saturated rings. The van der Waals surface area contributed by atoms with Gasteiger partial charge in [-0.2, -0.15) is 0 Å². The molecular weight excluding hydrogens is 612 g/mol. The first-order chi connectivity index (χ1) is 22.5. The van der Waals surface area contributed by atoms with E-state index in [2.05, 4.69) is 27.9 Å². The zero-order valence-corrected chi connectivity index (χ0v) is 26.8. The molecule has 2 aromatic rings. The summed E-state index contributed by atoms with van der Waals surface area (Å²) in [5, 5.41) is 38.0. The summed E-state index contributed by atoms with van der Waals surface area (Å²) in [7, 11) is 0. The molecule has 0 saturated carbocycles. The Labute approximate surface area is 273 Å². The van der Waals surface area contributed by atoms with Crippen LogP contribution in [0.5, 0.6) is 0 Å². The molecule has 0 radical (unpaired) electrons. The standard InChI is InChI=1S/C33H46N4O10/c1-3-4-5-6-7-8-11-20-18-47-33(46)25(17-38)36-32(45)27(29(42)22-16-34-23-13-10-9-12-21(22)23)37-31(44)24(14-15-26(39)40)35-30(43)19(2)28(20)41/h9-10,12-13,16,19-20,24-25,27-28,34,38,41H,3-8,11,14-15,17-18H2,1-2H3,(H,35,43)(H,36,45)(H,37,44)(H,39,40)/t19-,20-,24-,25+,27+,28+/m1/s1. The number of nitrogens with one attached hydrogen (secondary N) is 4. The average molecular weight is 659 g/mol. The number of aliphatic hydroxyl groups excluding tert-OH is 2. The number of amides is 3. The van der Waals surface area contributed by atoms with Crippen molar-refractivity contribution in [1.29, 1.82) is 0 Å². The van der Waals surface area contributed by atoms with E-state index in [0.717, 1.165) is 32.1 Å². The smallest absolute Gasteiger partial charge is 0.331 e. The number of Topliss-reactive ketones (excluding diaryl/α,β-unsaturated/α-hetero) is 1. The number of carboxylic acids is 1. The topological polar surface area (TPSA) is 224 Å². The number of carbonyl (C=O) groups is 6. The largest absolute Gasteiger partial charge is 0.481 e. The summed E-state index contributed by atoms with van der Waals surface area (Å²) in [6.07, 6.45) is 5.28. The Balaban J connectivity index is 1.95. The first-order valence-electron chi connectivity index (χ1n) is 16.2. The Morgan fingerprint density at radius 2 is 1.57 bits per heavy atom. The van der Waals surface area contributed by atoms with E-state index in [4.69, 9.17) is 4.74 Å². The number of carbonyl (C=O) groups excluding carboxylic acids is 5. The molecule has 0 spiro atoms. The second-order valence-corrected chi connectivity index (χ2v) is 12.0. The van der Waals surface area contributed by atoms with Crippen molar-refractivity contribution in [3.05, 3.63) is 36.0 Å². The highest BCUT2D eigenvalue weighted by molar-refractivity contribution is 6.20. The van der Waals surface area contributed by atoms with Crippen molar-refractivity contribution in [2.24, 2.45) is 11.8 Å². The number of carboxylic acid groups (broad SMARTS) is 1. The molecule has 47 heavy (non-hydrogen) atoms. The van der Waals surface area contributed by atoms with Crippen LogP contribution in [0, 0.1) is 11.8 Å². The Kier molecular flexibility index (Phi) is 14.3. The van der Waals surface area contributed by atoms with Crippen LogP contribution in [0.2, 0.25) is 0 Å². The number of rotatable bonds is 13. The Morgan fingerprint density at radius 3 is 2.28 bits per heavy atom. The van der Waals surface area contributed by atoms with Crippen LogP contribution >= 0.6 is 0 Å². The van der Waals surface area contributed by atoms with E-state index in [0.29, 0.717) is 23.7 Å². The summed E-state index contributed by atoms with van der Waals surface area (Å²) >= 11 is 0. The van der Waals surface area contributed by atoms with Gasteiger partial charge in [0, 0.05) is 35.0 Å². The van der Waals surface area contributed by atoms with E-state index in [9.17, 15) is 44.1 Å². The normalized spacial score (nSPS) is 24.8. The van der Waals surface area contributed by atoms with Gasteiger partial charge >= 0.3 is 11.9 Å². The fraction of sp³-hybridized carbons (Fsp3) is 0.576. The van der Waals surface area contributed by atoms with Gasteiger partial charge in [-0.3, -0.25) is 24.0 Å². The summed E-state index contributed by atoms with van der Waals surface area (Å²) in [6.45, 7) is 2.32. The summed E-state index contributed by atoms with van der Waals surface area (Å²) in [4.78, 5) is 81.6. The fourth-order valence-electron chi connectivity index (χ4n) is 5.59. The first kappa shape index (κ1) is 37.2. The molecule has 1 aromatic heterocycles. The second kappa shape index (κ2) is 18.1. The fourth-order valence-corrected chi connectivity index (χ4v) is 5.59. The second-order valence-electron chi connectivity index (χ2n) is 12.0. The maximum Gasteiger partial charge on any atom is 0.331 e. The Morgan fingerprint density at radius 1 is 0.894 bits per heavy atom. The maximum atomic E-state index is 13.8. The van der Waals surface area contributed by atoms with Gasteiger partial charge in [0.15, 0.2) is 17.9 Å². The molecule has 1 aromatic carbocycles. The lowest BCUT2D eigenvalue weighted by atomic mass is 9.87. The van der Waals surface area contributed by atoms with Gasteiger partial charge in [-0.25, -0.2) is 4.79 Å². The minimum absolute atomic E-state index is 0.0440. The SMILES string of the molecule is CCCCCCCC[C@@H]1COC(=O)[C@H](CO)NC(=O)[C@H](C(=O)c2c[nH]c3ccccc23)NC(=O)[C@@H](CCC(=O)O)NC(=O)[C@H](C)[C@@H]1O. The van der Waals surface area contributed by atoms with E-state index >= 15 is 0 Å². The van der Waals surface area contributed by atoms with Crippen molar-refractivity contribution >= 4 is 46.3 Å². The van der Waals surface area contributed by atoms with Gasteiger partial charge < -0.3 is 41.0 Å². The number of benzene rings is 1. The number of aliphatic hydroxyl groups is 2. The highest BCUT2D eigenvalue weighted by atomic mass is 16.5. The Hall–Kier alpha value is -4.30. The average Bonchev–Trinajstić information content (AvgIpc) is 3.49. The van der Waals surface area contributed by atoms with Crippen LogP contribution in [0.3, 0.4) is 0 Å². The quantitative estimate of drug-likeness (QED) is 0.0712. The van der Waals surface area contributed by atoms with Gasteiger partial charge in [0.2, 0.25) is 11.8 Å². The van der Waals surface area contributed by atoms with Gasteiger partial charge in [0.1, 0.15) is 6.04 Å². The number of H-pyrrole nitrogens is 1. The van der Waals surface area contributed by atoms with Crippen molar-refractivity contribution < 1.29 is 48.8 Å². The molecule has 0 unspecified atom stereocenters. The van der Waals surface area contributed by atoms with E-state index in [-0.39, 0.29) is 18.6 Å². The number of aliphatic carboxylic acids is 1. The molecule has 14 nitrogen and oxygen atoms in total. The molecule has 6 atom stereocenters. The van der Waals surface area contributed by atoms with Crippen LogP contribution in [0.4, 0.5) is 0 Å². The monoisotopic (exact) mass is 658 g/mol. The van der Waals surface area contributed by atoms with Gasteiger partial charge in [0.25, 0.3) is 5.91 Å². The van der Waals surface area contributed by atoms with E-state index in [1.807, 2.05) is 0 Å². The number of hydrogen-bond acceptors (Lipinski definition) is 9. The summed E-state index contributed by atoms with van der Waals surface area (Å²) in [6, 6.07) is 1.68. The van der Waals surface area contributed by atoms with E-state index in [1.165, 1.54) is 13.1 Å². The van der Waals surface area contributed by atoms with Gasteiger partial charge in [-0.15, -0.1) is 0 Å². The number of unbranched alkanes of at least 4 members (excludes halogenated alkanes) is 5. The first-order valence-corrected chi connectivity index (χ1v) is 16.2. The predicted octanol–water partition coefficient (Wildman–Crippen LogP) is 1.58. The predicted molar refractivity (Wildman–Crippen MR) is 170 cm³/mol. The maximum absolute atomic E-state index is 13.8. The third kappa shape index (κ3) is 10.3. The van der Waals surface area contributed by atoms with Gasteiger partial charge in [0.05, 0.1) is 25.2 Å². The third-order valence-electron chi connectivity index (χ3n) is 8.51. The molecule has 0 bridgehead atoms. The number of aromatic amines is 1. The van der Waals surface area contributed by atoms with E-state index in [1.54, 1.807) is 24.3 Å². The lowest BCUT2D eigenvalue weighted by Crippen LogP contribution is -2.59. The van der Waals surface area contributed by atoms with Crippen molar-refractivity contribution in [2.75, 3.05) is 13.2 Å². The molecule has 0 aliphatic carbocycles. The van der Waals surface area contributed by atoms with Crippen LogP contribution in [0.15, 0.2) is 30.5 Å². The lowest BCUT2D eigenvalue weighted by molar-refractivity contribution is -0.152. The summed E-state index contributed by atoms with van der Waals surface area (Å²) in [5.74, 6) is -7.90. The number of aromatic nitrogens is 1. The highest BCUT2D eigenvalue weighted by Gasteiger charge is 2.38. The number of ether oxygens (including phenoxy) is 1. The van der Waals surface area contributed by atoms with Crippen molar-refractivity contribution in [3.63, 3.8) is 0 Å². The Bertz CT molecular complexity index is 1410. The van der Waals surface area contributed by atoms with Gasteiger partial charge in [-0.05, 0) is 18.9 Å². The molecule has 1 aliphatic heterocycles. The van der Waals surface area contributed by atoms with E-state index < -0.39 is 84.5 Å². The summed E-state index contributed by atoms with van der Waals surface area (Å²) in [5.41, 5.74) is 0.619. The van der Waals surface area contributed by atoms with Crippen molar-refractivity contribution in [2.45, 2.75) is 95.9 Å². The van der Waals surface area contributed by atoms with Crippen molar-refractivity contribution in [1.82, 2.24) is 20.9 Å². The van der Waals surface area contributed by atoms with Gasteiger partial charge in [-0.1, -0.05) is 70.6 Å². The number of esters is 1. The molecule has 2 heterocycles. The minimum atomic E-state index is -1.94. The number of cyclic esters (lactones) is 1. The van der Waals surface area contributed by atoms with Crippen LogP contribution in [-0.2, 0) is 28.7 Å². The molecule has 258 valence electrons. The third-order valence-corrected chi connectivity index (χ3v) is 8.51. The molecule has 14 heteroatoms. The number of fused-ring (bicyclic) bond motifs is 1. The van der Waals surface area contributed by atoms with Crippen molar-refractivity contribution in [3.8, 4) is 0 Å². The van der Waals surface area contributed by atoms with Crippen LogP contribution < -0.4 is 16.0 Å². The highest BCUT2D eigenvalue weighted by Crippen LogP contribution is 2.23. The van der Waals surface area contributed by atoms with Crippen LogP contribution in [-0.4, -0.2) is 93.2 Å². The number of hydrogen-bond donors (Lipinski definition) is 7. The minimum Gasteiger partial charge on any atom is -0.481 e. The molecule has 1 aliphatic rings. The number of ketones is 1. The molecule has 3 rings (SSSR count). The number of para-hydroxylation sites is 1. The molecule has 1 saturated heterocycles. The summed E-state index contributed by atoms with van der Waals surface area (Å²) < 4.78 is 5.42. The van der Waals surface area contributed by atoms with Crippen LogP contribution in [0.25, 0.3) is 10.9 Å². The van der Waals surface area contributed by atoms with Crippen LogP contribution in [0.1, 0.15) is 82.0 Å². The molecule has 7 N–H and O–H groups in total. The molecular formula is C33H46N4O10. The lowest BCUT2D eigenvalue weighted by Gasteiger charge is -2.28. The molecule has 3 amide bonds. The zero-order chi connectivity index (χ0) is 34.5. The zero-order valence-electron chi connectivity index (χ0n) is 26.8.